The number of Topliss-reactive ketones (excluding diaryl/α,β-unsaturated/α-hetero) is 1. The van der Waals surface area contributed by atoms with Crippen molar-refractivity contribution < 1.29 is 185 Å². The van der Waals surface area contributed by atoms with Gasteiger partial charge in [0.25, 0.3) is 0 Å². The molecule has 0 unspecified atom stereocenters. The van der Waals surface area contributed by atoms with Crippen LogP contribution in [0, 0.1) is 0 Å². The van der Waals surface area contributed by atoms with Crippen LogP contribution in [0.1, 0.15) is 15.9 Å². The largest absolute Gasteiger partial charge is 1.00 e. The summed E-state index contributed by atoms with van der Waals surface area (Å²) >= 11 is 11.9. The van der Waals surface area contributed by atoms with Gasteiger partial charge in [-0.15, -0.1) is 10.2 Å². The Hall–Kier alpha value is -2.70. The number of azo groups is 1. The van der Waals surface area contributed by atoms with Gasteiger partial charge in [0.2, 0.25) is 38.8 Å². The number of aromatic amines is 4. The predicted molar refractivity (Wildman–Crippen MR) is 226 cm³/mol. The molecule has 3 aromatic carbocycles. The molecule has 5 aromatic rings. The molecule has 0 atom stereocenters. The predicted octanol–water partition coefficient (Wildman–Crippen LogP) is -13.4. The molecule has 0 aliphatic heterocycles. The number of aliphatic hydroxyl groups is 2. The molecule has 0 saturated carbocycles. The number of hydrazone groups is 1. The maximum absolute atomic E-state index is 14.1. The Kier molecular flexibility index (Phi) is 24.4. The van der Waals surface area contributed by atoms with Crippen molar-refractivity contribution in [2.45, 2.75) is 14.7 Å². The number of halogens is 2. The van der Waals surface area contributed by atoms with Crippen LogP contribution in [0.3, 0.4) is 0 Å². The number of carbonyl (C=O) groups is 1. The summed E-state index contributed by atoms with van der Waals surface area (Å²) in [5.74, 6) is -1.62. The van der Waals surface area contributed by atoms with E-state index in [1.165, 1.54) is 0 Å². The number of anilines is 2. The van der Waals surface area contributed by atoms with E-state index in [0.29, 0.717) is 12.1 Å². The Morgan fingerprint density at radius 2 is 1.14 bits per heavy atom. The molecule has 0 saturated heterocycles. The molecule has 0 amide bonds. The summed E-state index contributed by atoms with van der Waals surface area (Å²) < 4.78 is 149. The van der Waals surface area contributed by atoms with Gasteiger partial charge < -0.3 is 44.1 Å². The Balaban J connectivity index is 0.00000444. The number of nitrogens with zero attached hydrogens (tertiary/aromatic N) is 9. The molecule has 0 bridgehead atoms. The van der Waals surface area contributed by atoms with Gasteiger partial charge >= 0.3 is 118 Å². The Bertz CT molecular complexity index is 3800. The molecule has 1 aliphatic carbocycles. The summed E-state index contributed by atoms with van der Waals surface area (Å²) in [5, 5.41) is 28.5. The molecule has 6 rings (SSSR count). The minimum absolute atomic E-state index is 0. The third-order valence-electron chi connectivity index (χ3n) is 8.34. The van der Waals surface area contributed by atoms with Crippen molar-refractivity contribution in [1.82, 2.24) is 29.9 Å². The minimum Gasteiger partial charge on any atom is -0.744 e. The maximum atomic E-state index is 14.1. The van der Waals surface area contributed by atoms with Gasteiger partial charge in [0.05, 0.1) is 74.2 Å². The van der Waals surface area contributed by atoms with Crippen LogP contribution in [-0.4, -0.2) is 130 Å². The average molecular weight is 1150 g/mol. The van der Waals surface area contributed by atoms with E-state index in [-0.39, 0.29) is 189 Å². The minimum atomic E-state index is -5.80. The number of aliphatic hydroxyl groups excluding tert-OH is 2. The number of nitrogens with two attached hydrogens (primary N) is 1. The second kappa shape index (κ2) is 26.9. The third-order valence-corrected chi connectivity index (χ3v) is 12.2. The smallest absolute Gasteiger partial charge is 0.744 e. The van der Waals surface area contributed by atoms with Gasteiger partial charge in [-0.05, 0) is 77.3 Å². The van der Waals surface area contributed by atoms with E-state index in [1.807, 2.05) is 5.43 Å². The zero-order chi connectivity index (χ0) is 49.9. The van der Waals surface area contributed by atoms with E-state index in [9.17, 15) is 56.7 Å². The van der Waals surface area contributed by atoms with Gasteiger partial charge in [-0.25, -0.2) is 53.6 Å². The average Bonchev–Trinajstić information content (AvgIpc) is 3.22. The van der Waals surface area contributed by atoms with Crippen LogP contribution in [-0.2, 0) is 40.5 Å². The molecule has 1 aliphatic rings. The molecule has 40 heteroatoms. The molecule has 2 heterocycles. The Morgan fingerprint density at radius 1 is 0.653 bits per heavy atom. The molecule has 360 valence electrons. The number of nitrogens with one attached hydrogen (secondary N) is 5. The van der Waals surface area contributed by atoms with E-state index in [2.05, 4.69) is 65.2 Å². The van der Waals surface area contributed by atoms with Gasteiger partial charge in [0.15, 0.2) is 0 Å². The first-order valence-electron chi connectivity index (χ1n) is 17.9. The summed E-state index contributed by atoms with van der Waals surface area (Å²) in [6.45, 7) is -0.911. The van der Waals surface area contributed by atoms with Crippen LogP contribution in [0.5, 0.6) is 0 Å². The fourth-order valence-corrected chi connectivity index (χ4v) is 8.51. The van der Waals surface area contributed by atoms with Gasteiger partial charge in [-0.1, -0.05) is 0 Å². The first-order valence-corrected chi connectivity index (χ1v) is 24.3. The van der Waals surface area contributed by atoms with Crippen molar-refractivity contribution in [2.24, 2.45) is 35.3 Å². The first kappa shape index (κ1) is 65.4. The third kappa shape index (κ3) is 16.6. The molecular weight excluding hydrogens is 1130 g/mol. The van der Waals surface area contributed by atoms with Crippen molar-refractivity contribution in [3.8, 4) is 0 Å². The first-order chi connectivity index (χ1) is 31.8. The fraction of sp³-hybridized carbons (Fsp3) is 0.125. The number of benzene rings is 3. The van der Waals surface area contributed by atoms with Gasteiger partial charge in [0.1, 0.15) is 57.6 Å². The second-order valence-corrected chi connectivity index (χ2v) is 19.1. The van der Waals surface area contributed by atoms with Crippen LogP contribution in [0.25, 0.3) is 6.08 Å². The van der Waals surface area contributed by atoms with E-state index in [1.54, 1.807) is 0 Å². The molecule has 72 heavy (non-hydrogen) atoms. The molecule has 0 radical (unpaired) electrons. The molecule has 2 aromatic heterocycles. The van der Waals surface area contributed by atoms with Crippen molar-refractivity contribution in [3.05, 3.63) is 91.5 Å². The summed E-state index contributed by atoms with van der Waals surface area (Å²) in [4.78, 5) is 43.1. The number of fused-ring (bicyclic) bond motifs is 1. The second-order valence-electron chi connectivity index (χ2n) is 12.9. The summed E-state index contributed by atoms with van der Waals surface area (Å²) in [5.41, 5.74) is 0.337. The molecule has 0 fully saturated rings. The zero-order valence-electron chi connectivity index (χ0n) is 37.1. The van der Waals surface area contributed by atoms with Crippen LogP contribution in [0.2, 0.25) is 10.6 Å². The van der Waals surface area contributed by atoms with Crippen LogP contribution in [0.15, 0.2) is 97.4 Å². The number of aromatic nitrogens is 6. The van der Waals surface area contributed by atoms with E-state index < -0.39 is 105 Å². The fourth-order valence-electron chi connectivity index (χ4n) is 5.66. The summed E-state index contributed by atoms with van der Waals surface area (Å²) in [7, 11) is -22.4. The van der Waals surface area contributed by atoms with E-state index >= 15 is 0 Å². The quantitative estimate of drug-likeness (QED) is 0.0168. The number of hydrogen-bond acceptors (Lipinski definition) is 26. The number of ketones is 1. The number of hydrogen-bond donors (Lipinski definition) is 8. The topological polar surface area (TPSA) is 500 Å². The molecule has 9 N–H and O–H groups in total. The van der Waals surface area contributed by atoms with Crippen LogP contribution in [0.4, 0.5) is 34.1 Å². The Morgan fingerprint density at radius 3 is 1.61 bits per heavy atom. The molecular formula is C32H25Cl2N15Na4O15S4. The number of carbonyl (C=O) groups excluding carboxylic acids is 1. The summed E-state index contributed by atoms with van der Waals surface area (Å²) in [6, 6.07) is 5.54. The standard InChI is InChI=1S/C32H29Cl2N15O15S4.4Na/c33-27-40-29(36-5-7-50)44-31(42-27)38-14-1-3-18(65(53,54)55)16(11-14)46-48-24-20(67(59,60)61)9-13-10-21(68(62,63)64)25(26(52)22(13)23(24)35)49-47-17-12-15(2-4-19(17)66(56,57)58)39-32-43-28(34)41-30(45-32)37-6-8-51;;;;/h1-4,9-12,47,50-51H,5-8,35H2,(H,53,54,55)(H,56,57,58)(H,59,60,61)(H,62,63,64)(H2,36,38,40,42,44)(H2,37,39,41,43,45);;;;/q;4*+1/p-4/b48-46?,49-25+;;;;. The van der Waals surface area contributed by atoms with Crippen LogP contribution >= 0.6 is 23.2 Å². The SMILES string of the molecule is Nc1c(N=Nc2cc(N=c3[nH]c(Cl)nc(=NCCO)[nH]3)ccc2S(=O)(=O)[O-])c(S(=O)(=O)[O-])cc2c1C(=O)/C(=N/Nc1cc(N=c3[nH]c(Cl)nc(=NCCO)[nH]3)ccc1S(=O)(=O)[O-])C(S(=O)(=O)[O-])=C2.[Na+].[Na+].[Na+].[Na+]. The monoisotopic (exact) mass is 1150 g/mol. The van der Waals surface area contributed by atoms with Gasteiger partial charge in [-0.3, -0.25) is 20.2 Å². The van der Waals surface area contributed by atoms with E-state index in [4.69, 9.17) is 39.1 Å². The van der Waals surface area contributed by atoms with Crippen molar-refractivity contribution in [2.75, 3.05) is 37.5 Å². The summed E-state index contributed by atoms with van der Waals surface area (Å²) in [6.07, 6.45) is 0.385. The van der Waals surface area contributed by atoms with Crippen molar-refractivity contribution >= 4 is 115 Å². The zero-order valence-corrected chi connectivity index (χ0v) is 49.9. The normalized spacial score (nSPS) is 14.5. The van der Waals surface area contributed by atoms with Gasteiger partial charge in [-0.2, -0.15) is 15.1 Å². The van der Waals surface area contributed by atoms with E-state index in [0.717, 1.165) is 36.4 Å². The molecule has 30 nitrogen and oxygen atoms in total. The number of H-pyrrole nitrogens is 4. The van der Waals surface area contributed by atoms with Crippen molar-refractivity contribution in [1.29, 1.82) is 0 Å². The molecule has 0 spiro atoms. The maximum Gasteiger partial charge on any atom is 1.00 e. The number of allylic oxidation sites excluding steroid dienone is 1. The number of nitrogen functional groups attached to an aromatic ring is 1. The number of rotatable bonds is 14. The van der Waals surface area contributed by atoms with Crippen LogP contribution < -0.4 is 152 Å². The van der Waals surface area contributed by atoms with Gasteiger partial charge in [0, 0.05) is 0 Å². The Labute approximate surface area is 503 Å². The van der Waals surface area contributed by atoms with Crippen molar-refractivity contribution in [3.63, 3.8) is 0 Å².